The monoisotopic (exact) mass is 364 g/mol. The van der Waals surface area contributed by atoms with Gasteiger partial charge in [0.1, 0.15) is 11.3 Å². The van der Waals surface area contributed by atoms with E-state index < -0.39 is 0 Å². The van der Waals surface area contributed by atoms with Crippen molar-refractivity contribution in [1.29, 1.82) is 0 Å². The van der Waals surface area contributed by atoms with Gasteiger partial charge in [-0.15, -0.1) is 0 Å². The Balaban J connectivity index is 1.48. The van der Waals surface area contributed by atoms with E-state index in [9.17, 15) is 4.79 Å². The van der Waals surface area contributed by atoms with Crippen LogP contribution in [0.1, 0.15) is 32.1 Å². The minimum Gasteiger partial charge on any atom is -0.484 e. The number of fused-ring (bicyclic) bond motifs is 1. The van der Waals surface area contributed by atoms with Crippen LogP contribution < -0.4 is 15.6 Å². The number of hydrogen-bond donors (Lipinski definition) is 2. The van der Waals surface area contributed by atoms with Gasteiger partial charge < -0.3 is 9.15 Å². The molecular formula is C22H24N2O3. The molecule has 0 radical (unpaired) electrons. The molecule has 0 fully saturated rings. The second-order valence-electron chi connectivity index (χ2n) is 7.36. The van der Waals surface area contributed by atoms with Gasteiger partial charge in [0.2, 0.25) is 0 Å². The largest absolute Gasteiger partial charge is 0.484 e. The molecule has 0 saturated heterocycles. The fourth-order valence-electron chi connectivity index (χ4n) is 2.57. The third kappa shape index (κ3) is 4.70. The molecule has 0 unspecified atom stereocenters. The minimum atomic E-state index is -0.313. The Morgan fingerprint density at radius 2 is 1.78 bits per heavy atom. The number of carbonyl (C=O) groups is 1. The van der Waals surface area contributed by atoms with Crippen LogP contribution in [0.15, 0.2) is 65.6 Å². The highest BCUT2D eigenvalue weighted by molar-refractivity contribution is 5.82. The molecule has 5 heteroatoms. The van der Waals surface area contributed by atoms with Crippen LogP contribution in [0.4, 0.5) is 0 Å². The minimum absolute atomic E-state index is 0.0802. The molecule has 0 saturated carbocycles. The highest BCUT2D eigenvalue weighted by Crippen LogP contribution is 2.24. The van der Waals surface area contributed by atoms with Crippen molar-refractivity contribution in [2.45, 2.75) is 26.2 Å². The van der Waals surface area contributed by atoms with Gasteiger partial charge in [-0.25, -0.2) is 0 Å². The van der Waals surface area contributed by atoms with E-state index in [1.807, 2.05) is 54.6 Å². The van der Waals surface area contributed by atoms with Crippen molar-refractivity contribution in [2.75, 3.05) is 6.61 Å². The van der Waals surface area contributed by atoms with Gasteiger partial charge in [-0.05, 0) is 35.2 Å². The quantitative estimate of drug-likeness (QED) is 0.636. The summed E-state index contributed by atoms with van der Waals surface area (Å²) < 4.78 is 11.2. The van der Waals surface area contributed by atoms with Crippen LogP contribution in [0, 0.1) is 0 Å². The van der Waals surface area contributed by atoms with E-state index in [0.29, 0.717) is 17.2 Å². The van der Waals surface area contributed by atoms with Gasteiger partial charge in [0, 0.05) is 5.39 Å². The van der Waals surface area contributed by atoms with Crippen molar-refractivity contribution >= 4 is 22.6 Å². The van der Waals surface area contributed by atoms with Crippen LogP contribution in [0.2, 0.25) is 0 Å². The number of amides is 1. The topological polar surface area (TPSA) is 63.5 Å². The zero-order valence-corrected chi connectivity index (χ0v) is 15.8. The lowest BCUT2D eigenvalue weighted by Gasteiger charge is -2.19. The fraction of sp³-hybridized carbons (Fsp3) is 0.227. The Kier molecular flexibility index (Phi) is 5.21. The maximum absolute atomic E-state index is 12.0. The third-order valence-corrected chi connectivity index (χ3v) is 4.17. The third-order valence-electron chi connectivity index (χ3n) is 4.17. The van der Waals surface area contributed by atoms with Crippen molar-refractivity contribution in [3.05, 3.63) is 72.5 Å². The number of benzene rings is 2. The van der Waals surface area contributed by atoms with E-state index in [0.717, 1.165) is 11.0 Å². The first kappa shape index (κ1) is 18.6. The molecule has 5 nitrogen and oxygen atoms in total. The lowest BCUT2D eigenvalue weighted by atomic mass is 9.87. The molecule has 3 aromatic rings. The predicted molar refractivity (Wildman–Crippen MR) is 107 cm³/mol. The van der Waals surface area contributed by atoms with Crippen LogP contribution in [0.25, 0.3) is 16.7 Å². The average molecular weight is 364 g/mol. The standard InChI is InChI=1S/C22H24N2O3/c1-15(20-13-16-7-5-6-8-19(16)27-20)23-24-21(25)14-26-18-11-9-17(10-12-18)22(2,3)4/h5-13,23H,1,14H2,2-4H3,(H,24,25). The summed E-state index contributed by atoms with van der Waals surface area (Å²) in [6.45, 7) is 10.2. The number of carbonyl (C=O) groups excluding carboxylic acids is 1. The van der Waals surface area contributed by atoms with E-state index in [2.05, 4.69) is 38.2 Å². The molecule has 3 rings (SSSR count). The molecule has 2 aromatic carbocycles. The molecule has 0 aliphatic heterocycles. The maximum atomic E-state index is 12.0. The zero-order valence-electron chi connectivity index (χ0n) is 15.8. The number of hydrogen-bond acceptors (Lipinski definition) is 4. The molecule has 0 aliphatic carbocycles. The summed E-state index contributed by atoms with van der Waals surface area (Å²) in [4.78, 5) is 12.0. The lowest BCUT2D eigenvalue weighted by Crippen LogP contribution is -2.38. The maximum Gasteiger partial charge on any atom is 0.276 e. The van der Waals surface area contributed by atoms with Crippen molar-refractivity contribution in [2.24, 2.45) is 0 Å². The summed E-state index contributed by atoms with van der Waals surface area (Å²) in [6.07, 6.45) is 0. The first-order valence-corrected chi connectivity index (χ1v) is 8.79. The number of para-hydroxylation sites is 1. The summed E-state index contributed by atoms with van der Waals surface area (Å²) in [5.74, 6) is 0.900. The summed E-state index contributed by atoms with van der Waals surface area (Å²) >= 11 is 0. The Morgan fingerprint density at radius 3 is 2.44 bits per heavy atom. The van der Waals surface area contributed by atoms with Gasteiger partial charge in [0.05, 0.1) is 5.70 Å². The van der Waals surface area contributed by atoms with Gasteiger partial charge in [-0.1, -0.05) is 57.7 Å². The van der Waals surface area contributed by atoms with Crippen molar-refractivity contribution in [1.82, 2.24) is 10.9 Å². The Hall–Kier alpha value is -3.21. The molecule has 27 heavy (non-hydrogen) atoms. The number of furan rings is 1. The smallest absolute Gasteiger partial charge is 0.276 e. The first-order valence-electron chi connectivity index (χ1n) is 8.79. The lowest BCUT2D eigenvalue weighted by molar-refractivity contribution is -0.123. The SMILES string of the molecule is C=C(NNC(=O)COc1ccc(C(C)(C)C)cc1)c1cc2ccccc2o1. The second-order valence-corrected chi connectivity index (χ2v) is 7.36. The number of rotatable bonds is 6. The van der Waals surface area contributed by atoms with E-state index >= 15 is 0 Å². The molecule has 0 bridgehead atoms. The second kappa shape index (κ2) is 7.58. The molecule has 1 aromatic heterocycles. The molecular weight excluding hydrogens is 340 g/mol. The normalized spacial score (nSPS) is 11.2. The summed E-state index contributed by atoms with van der Waals surface area (Å²) in [6, 6.07) is 17.3. The average Bonchev–Trinajstić information content (AvgIpc) is 3.08. The Morgan fingerprint density at radius 1 is 1.07 bits per heavy atom. The Labute approximate surface area is 159 Å². The molecule has 0 spiro atoms. The van der Waals surface area contributed by atoms with Crippen LogP contribution in [-0.4, -0.2) is 12.5 Å². The van der Waals surface area contributed by atoms with Gasteiger partial charge in [-0.3, -0.25) is 15.6 Å². The van der Waals surface area contributed by atoms with Gasteiger partial charge in [-0.2, -0.15) is 0 Å². The number of hydrazine groups is 1. The molecule has 0 aliphatic rings. The van der Waals surface area contributed by atoms with E-state index in [4.69, 9.17) is 9.15 Å². The van der Waals surface area contributed by atoms with Crippen LogP contribution in [0.3, 0.4) is 0 Å². The van der Waals surface area contributed by atoms with Crippen molar-refractivity contribution < 1.29 is 13.9 Å². The Bertz CT molecular complexity index is 917. The van der Waals surface area contributed by atoms with E-state index in [1.54, 1.807) is 0 Å². The summed E-state index contributed by atoms with van der Waals surface area (Å²) in [7, 11) is 0. The molecule has 0 atom stereocenters. The molecule has 140 valence electrons. The number of ether oxygens (including phenoxy) is 1. The zero-order chi connectivity index (χ0) is 19.4. The van der Waals surface area contributed by atoms with Gasteiger partial charge >= 0.3 is 0 Å². The van der Waals surface area contributed by atoms with E-state index in [1.165, 1.54) is 5.56 Å². The molecule has 2 N–H and O–H groups in total. The molecule has 1 heterocycles. The van der Waals surface area contributed by atoms with Gasteiger partial charge in [0.15, 0.2) is 12.4 Å². The fourth-order valence-corrected chi connectivity index (χ4v) is 2.57. The van der Waals surface area contributed by atoms with Crippen LogP contribution >= 0.6 is 0 Å². The van der Waals surface area contributed by atoms with Gasteiger partial charge in [0.25, 0.3) is 5.91 Å². The van der Waals surface area contributed by atoms with Crippen LogP contribution in [0.5, 0.6) is 5.75 Å². The summed E-state index contributed by atoms with van der Waals surface area (Å²) in [5, 5.41) is 0.976. The van der Waals surface area contributed by atoms with E-state index in [-0.39, 0.29) is 17.9 Å². The van der Waals surface area contributed by atoms with Crippen molar-refractivity contribution in [3.8, 4) is 5.75 Å². The van der Waals surface area contributed by atoms with Crippen LogP contribution in [-0.2, 0) is 10.2 Å². The highest BCUT2D eigenvalue weighted by atomic mass is 16.5. The summed E-state index contributed by atoms with van der Waals surface area (Å²) in [5.41, 5.74) is 7.84. The van der Waals surface area contributed by atoms with Crippen molar-refractivity contribution in [3.63, 3.8) is 0 Å². The number of nitrogens with one attached hydrogen (secondary N) is 2. The first-order chi connectivity index (χ1) is 12.8. The highest BCUT2D eigenvalue weighted by Gasteiger charge is 2.13. The molecule has 1 amide bonds. The predicted octanol–water partition coefficient (Wildman–Crippen LogP) is 4.40.